The van der Waals surface area contributed by atoms with E-state index < -0.39 is 22.4 Å². The van der Waals surface area contributed by atoms with Crippen LogP contribution in [0.25, 0.3) is 16.3 Å². The van der Waals surface area contributed by atoms with Gasteiger partial charge in [0.2, 0.25) is 0 Å². The van der Waals surface area contributed by atoms with Gasteiger partial charge in [-0.1, -0.05) is 75.2 Å². The number of thiazole rings is 2. The van der Waals surface area contributed by atoms with Crippen LogP contribution in [0, 0.1) is 6.92 Å². The van der Waals surface area contributed by atoms with Crippen LogP contribution in [0.15, 0.2) is 40.9 Å². The van der Waals surface area contributed by atoms with Crippen LogP contribution in [0.5, 0.6) is 0 Å². The maximum absolute atomic E-state index is 13.0. The summed E-state index contributed by atoms with van der Waals surface area (Å²) in [7, 11) is -1.26. The number of aryl methyl sites for hydroxylation is 1. The fourth-order valence-electron chi connectivity index (χ4n) is 4.38. The van der Waals surface area contributed by atoms with Gasteiger partial charge in [-0.05, 0) is 80.4 Å². The molecule has 0 unspecified atom stereocenters. The molecule has 49 heavy (non-hydrogen) atoms. The van der Waals surface area contributed by atoms with Gasteiger partial charge in [0, 0.05) is 21.7 Å². The molecule has 0 aliphatic carbocycles. The van der Waals surface area contributed by atoms with Crippen LogP contribution in [-0.4, -0.2) is 69.0 Å². The van der Waals surface area contributed by atoms with Crippen LogP contribution in [0.2, 0.25) is 43.8 Å². The number of para-hydroxylation sites is 1. The van der Waals surface area contributed by atoms with E-state index in [1.54, 1.807) is 18.3 Å². The van der Waals surface area contributed by atoms with Crippen LogP contribution in [0.3, 0.4) is 0 Å². The molecule has 3 aromatic heterocycles. The minimum absolute atomic E-state index is 0.103. The van der Waals surface area contributed by atoms with E-state index in [0.29, 0.717) is 35.0 Å². The van der Waals surface area contributed by atoms with Crippen molar-refractivity contribution in [3.05, 3.63) is 56.8 Å². The van der Waals surface area contributed by atoms with Crippen molar-refractivity contribution in [2.24, 2.45) is 4.99 Å². The highest BCUT2D eigenvalue weighted by molar-refractivity contribution is 7.17. The average Bonchev–Trinajstić information content (AvgIpc) is 3.59. The summed E-state index contributed by atoms with van der Waals surface area (Å²) in [6.45, 7) is 25.9. The lowest BCUT2D eigenvalue weighted by atomic mass is 10.2. The maximum atomic E-state index is 13.0. The summed E-state index contributed by atoms with van der Waals surface area (Å²) in [6.07, 6.45) is 1.97. The fourth-order valence-corrected chi connectivity index (χ4v) is 8.22. The quantitative estimate of drug-likeness (QED) is 0.0717. The average molecular weight is 741 g/mol. The summed E-state index contributed by atoms with van der Waals surface area (Å²) in [5.74, 6) is 0.667. The second-order valence-electron chi connectivity index (χ2n) is 15.0. The summed E-state index contributed by atoms with van der Waals surface area (Å²) in [5.41, 5.74) is 3.23. The van der Waals surface area contributed by atoms with Gasteiger partial charge in [0.25, 0.3) is 0 Å². The third-order valence-electron chi connectivity index (χ3n) is 8.54. The van der Waals surface area contributed by atoms with Crippen molar-refractivity contribution in [3.63, 3.8) is 0 Å². The molecule has 0 aliphatic rings. The summed E-state index contributed by atoms with van der Waals surface area (Å²) >= 11 is 3.00. The van der Waals surface area contributed by atoms with Crippen LogP contribution < -0.4 is 9.70 Å². The van der Waals surface area contributed by atoms with Gasteiger partial charge < -0.3 is 18.8 Å². The van der Waals surface area contributed by atoms with Gasteiger partial charge in [-0.25, -0.2) is 9.78 Å². The summed E-state index contributed by atoms with van der Waals surface area (Å²) in [6, 6.07) is 11.3. The van der Waals surface area contributed by atoms with E-state index in [4.69, 9.17) is 23.9 Å². The van der Waals surface area contributed by atoms with Gasteiger partial charge in [0.05, 0.1) is 28.3 Å². The number of anilines is 2. The number of benzene rings is 1. The summed E-state index contributed by atoms with van der Waals surface area (Å²) in [5, 5.41) is 9.76. The Morgan fingerprint density at radius 1 is 1.10 bits per heavy atom. The molecule has 0 N–H and O–H groups in total. The van der Waals surface area contributed by atoms with Crippen LogP contribution in [0.4, 0.5) is 16.8 Å². The Bertz CT molecular complexity index is 1870. The molecule has 0 fully saturated rings. The first kappa shape index (κ1) is 38.8. The molecule has 0 radical (unpaired) electrons. The number of aromatic nitrogens is 4. The van der Waals surface area contributed by atoms with Crippen molar-refractivity contribution in [3.8, 4) is 0 Å². The third-order valence-corrected chi connectivity index (χ3v) is 16.9. The van der Waals surface area contributed by atoms with Crippen LogP contribution >= 0.6 is 22.7 Å². The zero-order valence-electron chi connectivity index (χ0n) is 31.1. The molecule has 10 nitrogen and oxygen atoms in total. The number of rotatable bonds is 14. The zero-order chi connectivity index (χ0) is 36.1. The van der Waals surface area contributed by atoms with Gasteiger partial charge in [-0.3, -0.25) is 4.57 Å². The number of carbonyl (C=O) groups excluding carboxylic acids is 1. The lowest BCUT2D eigenvalue weighted by molar-refractivity contribution is 0.0520. The van der Waals surface area contributed by atoms with E-state index in [2.05, 4.69) is 80.4 Å². The topological polar surface area (TPSA) is 104 Å². The Morgan fingerprint density at radius 3 is 2.47 bits per heavy atom. The second-order valence-corrected chi connectivity index (χ2v) is 27.4. The summed E-state index contributed by atoms with van der Waals surface area (Å²) in [4.78, 5) is 26.0. The van der Waals surface area contributed by atoms with Gasteiger partial charge in [-0.15, -0.1) is 10.2 Å². The molecule has 3 heterocycles. The Labute approximate surface area is 301 Å². The highest BCUT2D eigenvalue weighted by Crippen LogP contribution is 2.37. The van der Waals surface area contributed by atoms with E-state index in [1.165, 1.54) is 11.3 Å². The second kappa shape index (κ2) is 15.9. The SMILES string of the molecule is CCOC(=O)c1nc(N(C)c2cc(C)c(/N=c3\sc4ccccc4n3COCC[Si](C)(C)C)nn2)sc1/C=C(\C)CO[Si](C)(C)C(C)(C)C. The van der Waals surface area contributed by atoms with Crippen molar-refractivity contribution >= 4 is 78.1 Å². The predicted octanol–water partition coefficient (Wildman–Crippen LogP) is 9.17. The Kier molecular flexibility index (Phi) is 12.6. The molecule has 266 valence electrons. The molecule has 0 amide bonds. The van der Waals surface area contributed by atoms with Crippen LogP contribution in [0.1, 0.15) is 55.5 Å². The number of ether oxygens (including phenoxy) is 2. The fraction of sp³-hybridized carbons (Fsp3) is 0.514. The number of hydrogen-bond donors (Lipinski definition) is 0. The Balaban J connectivity index is 1.62. The molecule has 0 aliphatic heterocycles. The van der Waals surface area contributed by atoms with Crippen molar-refractivity contribution in [1.29, 1.82) is 0 Å². The molecule has 0 spiro atoms. The zero-order valence-corrected chi connectivity index (χ0v) is 34.8. The molecule has 0 atom stereocenters. The molecular formula is C35H52N6O4S2Si2. The van der Waals surface area contributed by atoms with E-state index >= 15 is 0 Å². The number of fused-ring (bicyclic) bond motifs is 1. The molecule has 14 heteroatoms. The number of esters is 1. The minimum Gasteiger partial charge on any atom is -0.461 e. The van der Waals surface area contributed by atoms with Crippen LogP contribution in [-0.2, 0) is 20.6 Å². The van der Waals surface area contributed by atoms with Gasteiger partial charge in [0.15, 0.2) is 35.6 Å². The lowest BCUT2D eigenvalue weighted by Crippen LogP contribution is -2.41. The lowest BCUT2D eigenvalue weighted by Gasteiger charge is -2.36. The van der Waals surface area contributed by atoms with E-state index in [1.807, 2.05) is 50.1 Å². The minimum atomic E-state index is -1.93. The van der Waals surface area contributed by atoms with E-state index in [0.717, 1.165) is 38.8 Å². The predicted molar refractivity (Wildman–Crippen MR) is 209 cm³/mol. The first-order valence-electron chi connectivity index (χ1n) is 16.7. The molecule has 4 rings (SSSR count). The highest BCUT2D eigenvalue weighted by Gasteiger charge is 2.37. The van der Waals surface area contributed by atoms with E-state index in [9.17, 15) is 4.79 Å². The van der Waals surface area contributed by atoms with Crippen molar-refractivity contribution < 1.29 is 18.7 Å². The molecule has 0 saturated carbocycles. The van der Waals surface area contributed by atoms with Gasteiger partial charge >= 0.3 is 5.97 Å². The van der Waals surface area contributed by atoms with Gasteiger partial charge in [0.1, 0.15) is 6.73 Å². The third kappa shape index (κ3) is 10.0. The first-order chi connectivity index (χ1) is 22.9. The number of hydrogen-bond acceptors (Lipinski definition) is 11. The van der Waals surface area contributed by atoms with Gasteiger partial charge in [-0.2, -0.15) is 4.99 Å². The maximum Gasteiger partial charge on any atom is 0.358 e. The molecule has 0 bridgehead atoms. The Hall–Kier alpha value is -3.02. The first-order valence-corrected chi connectivity index (χ1v) is 24.9. The smallest absolute Gasteiger partial charge is 0.358 e. The number of carbonyl (C=O) groups is 1. The normalized spacial score (nSPS) is 13.4. The molecule has 1 aromatic carbocycles. The molecular weight excluding hydrogens is 689 g/mol. The van der Waals surface area contributed by atoms with Crippen molar-refractivity contribution in [1.82, 2.24) is 19.7 Å². The number of nitrogens with zero attached hydrogens (tertiary/aromatic N) is 6. The Morgan fingerprint density at radius 2 is 1.82 bits per heavy atom. The highest BCUT2D eigenvalue weighted by atomic mass is 32.1. The summed E-state index contributed by atoms with van der Waals surface area (Å²) < 4.78 is 21.1. The van der Waals surface area contributed by atoms with E-state index in [-0.39, 0.29) is 17.3 Å². The standard InChI is InChI=1S/C35H52N6O4S2Si2/c1-13-44-32(42)30-28(20-24(2)22-45-49(11,12)35(4,5)6)47-33(36-30)40(7)29-21-25(3)31(39-38-29)37-34-41(23-43-18-19-48(8,9)10)26-16-14-15-17-27(26)46-34/h14-17,20-21H,13,18-19,22-23H2,1-12H3/b24-20+,37-34-. The monoisotopic (exact) mass is 740 g/mol. The molecule has 0 saturated heterocycles. The largest absolute Gasteiger partial charge is 0.461 e. The molecule has 4 aromatic rings. The van der Waals surface area contributed by atoms with Crippen molar-refractivity contribution in [2.45, 2.75) is 92.1 Å². The van der Waals surface area contributed by atoms with Crippen molar-refractivity contribution in [2.75, 3.05) is 31.8 Å².